The Morgan fingerprint density at radius 2 is 2.20 bits per heavy atom. The van der Waals surface area contributed by atoms with E-state index in [2.05, 4.69) is 0 Å². The number of rotatable bonds is 1. The molecule has 0 saturated heterocycles. The van der Waals surface area contributed by atoms with Crippen molar-refractivity contribution in [1.82, 2.24) is 0 Å². The fraction of sp³-hybridized carbons (Fsp3) is 0. The Morgan fingerprint density at radius 3 is 2.20 bits per heavy atom. The van der Waals surface area contributed by atoms with Crippen molar-refractivity contribution < 1.29 is 35.7 Å². The van der Waals surface area contributed by atoms with Crippen LogP contribution in [0.3, 0.4) is 0 Å². The van der Waals surface area contributed by atoms with Crippen molar-refractivity contribution in [3.05, 3.63) is 0 Å². The van der Waals surface area contributed by atoms with E-state index in [0.717, 1.165) is 0 Å². The predicted octanol–water partition coefficient (Wildman–Crippen LogP) is 0.798. The summed E-state index contributed by atoms with van der Waals surface area (Å²) in [5.74, 6) is 0. The third kappa shape index (κ3) is 24.6. The molecule has 0 aliphatic heterocycles. The van der Waals surface area contributed by atoms with Gasteiger partial charge in [0.2, 0.25) is 0 Å². The van der Waals surface area contributed by atoms with Crippen LogP contribution in [0, 0.1) is 31.1 Å². The maximum absolute atomic E-state index is 9.10. The van der Waals surface area contributed by atoms with Gasteiger partial charge in [0.15, 0.2) is 8.15 Å². The zero-order chi connectivity index (χ0) is 3.41. The van der Waals surface area contributed by atoms with Crippen molar-refractivity contribution in [2.75, 3.05) is 0 Å². The van der Waals surface area contributed by atoms with Crippen molar-refractivity contribution in [3.8, 4) is 0 Å². The zero-order valence-corrected chi connectivity index (χ0v) is 9.26. The third-order valence-corrected chi connectivity index (χ3v) is 0. The zero-order valence-electron chi connectivity index (χ0n) is 3.30. The van der Waals surface area contributed by atoms with Crippen molar-refractivity contribution in [3.63, 3.8) is 0 Å². The summed E-state index contributed by atoms with van der Waals surface area (Å²) in [5.41, 5.74) is 0. The molecule has 0 aliphatic carbocycles. The Bertz CT molecular complexity index is 27.5. The molecule has 1 unspecified atom stereocenters. The normalized spacial score (nSPS) is 9.20. The van der Waals surface area contributed by atoms with Crippen LogP contribution in [0.15, 0.2) is 0 Å². The van der Waals surface area contributed by atoms with E-state index < -0.39 is 0 Å². The van der Waals surface area contributed by atoms with Gasteiger partial charge in [-0.3, -0.25) is 4.57 Å². The second kappa shape index (κ2) is 16.8. The van der Waals surface area contributed by atoms with Gasteiger partial charge < -0.3 is 13.5 Å². The van der Waals surface area contributed by atoms with Gasteiger partial charge >= 0.3 is 0 Å². The summed E-state index contributed by atoms with van der Waals surface area (Å²) < 4.78 is 15.2. The first-order valence-electron chi connectivity index (χ1n) is 0.906. The minimum atomic E-state index is -0.193. The van der Waals surface area contributed by atoms with Crippen LogP contribution in [-0.4, -0.2) is 1.28 Å². The van der Waals surface area contributed by atoms with Gasteiger partial charge in [0.05, 0.1) is 1.28 Å². The molecule has 0 fully saturated rings. The van der Waals surface area contributed by atoms with Gasteiger partial charge in [-0.25, -0.2) is 0 Å². The monoisotopic (exact) mass is 353 g/mol. The average Bonchev–Trinajstić information content (AvgIpc) is 1.37. The topological polar surface area (TPSA) is 17.1 Å². The molecule has 0 saturated carbocycles. The van der Waals surface area contributed by atoms with Gasteiger partial charge in [0.25, 0.3) is 0 Å². The fourth-order valence-electron chi connectivity index (χ4n) is 0. The average molecular weight is 353 g/mol. The van der Waals surface area contributed by atoms with E-state index in [1.807, 2.05) is 0 Å². The largest absolute Gasteiger partial charge is 0.813 e. The first-order chi connectivity index (χ1) is 1.91. The molecule has 5 heteroatoms. The Labute approximate surface area is 67.1 Å². The van der Waals surface area contributed by atoms with Crippen LogP contribution in [0.5, 0.6) is 0 Å². The summed E-state index contributed by atoms with van der Waals surface area (Å²) in [6, 6.07) is 0. The summed E-state index contributed by atoms with van der Waals surface area (Å²) in [6.07, 6.45) is 0. The van der Waals surface area contributed by atoms with Gasteiger partial charge in [-0.05, 0) is 8.87 Å². The molecule has 0 amide bonds. The molecule has 0 bridgehead atoms. The molecule has 0 aliphatic rings. The van der Waals surface area contributed by atoms with Crippen molar-refractivity contribution in [2.24, 2.45) is 0 Å². The van der Waals surface area contributed by atoms with Crippen LogP contribution in [0.25, 0.3) is 0 Å². The Hall–Kier alpha value is 1.93. The van der Waals surface area contributed by atoms with E-state index >= 15 is 0 Å². The second-order valence-corrected chi connectivity index (χ2v) is 0.822. The molecule has 0 heterocycles. The molecule has 0 aromatic rings. The molecular weight excluding hydrogens is 348 g/mol. The van der Waals surface area contributed by atoms with Crippen LogP contribution in [0.4, 0.5) is 0 Å². The Balaban J connectivity index is -0.0000000450. The number of hydrogen-bond donors (Lipinski definition) is 0. The molecule has 5 heavy (non-hydrogen) atoms. The van der Waals surface area contributed by atoms with E-state index in [-0.39, 0.29) is 61.6 Å². The summed E-state index contributed by atoms with van der Waals surface area (Å²) in [7, 11) is -0.250. The van der Waals surface area contributed by atoms with Crippen LogP contribution >= 0.6 is 17.0 Å². The van der Waals surface area contributed by atoms with Crippen LogP contribution in [-0.2, 0) is 18.1 Å². The molecule has 0 N–H and O–H groups in total. The minimum absolute atomic E-state index is 0. The maximum atomic E-state index is 9.10. The van der Waals surface area contributed by atoms with E-state index in [0.29, 0.717) is 0 Å². The van der Waals surface area contributed by atoms with Gasteiger partial charge in [-0.2, -0.15) is 0 Å². The molecule has 1 nitrogen and oxygen atoms in total. The molecule has 30 valence electrons. The van der Waals surface area contributed by atoms with Crippen LogP contribution in [0.1, 0.15) is 0 Å². The van der Waals surface area contributed by atoms with Gasteiger partial charge in [0, 0.05) is 31.1 Å². The second-order valence-electron chi connectivity index (χ2n) is 0.0913. The number of hydrogen-bond acceptors (Lipinski definition) is 2. The molecule has 0 aromatic heterocycles. The van der Waals surface area contributed by atoms with Crippen molar-refractivity contribution in [1.29, 1.82) is 1.28 Å². The Morgan fingerprint density at radius 1 is 2.00 bits per heavy atom. The van der Waals surface area contributed by atoms with Crippen LogP contribution < -0.4 is 0 Å². The summed E-state index contributed by atoms with van der Waals surface area (Å²) in [6.45, 7) is 0. The summed E-state index contributed by atoms with van der Waals surface area (Å²) in [4.78, 5) is 0. The third-order valence-electron chi connectivity index (χ3n) is 0. The molecule has 0 rings (SSSR count). The van der Waals surface area contributed by atoms with E-state index in [9.17, 15) is 0 Å². The van der Waals surface area contributed by atoms with E-state index in [1.54, 1.807) is 0 Å². The van der Waals surface area contributed by atoms with Crippen LogP contribution in [0.2, 0.25) is 0 Å². The summed E-state index contributed by atoms with van der Waals surface area (Å²) >= 11 is 0. The standard InChI is InChI=1S/H2OP2.H2S.U/c1-3-2;;/h2H2;1H2;/p-1/i2T;;. The van der Waals surface area contributed by atoms with Crippen molar-refractivity contribution >= 4 is 30.5 Å². The smallest absolute Gasteiger partial charge is 0.174 e. The summed E-state index contributed by atoms with van der Waals surface area (Å²) in [5, 5.41) is 0. The maximum Gasteiger partial charge on any atom is 0.174 e. The van der Waals surface area contributed by atoms with Gasteiger partial charge in [0.1, 0.15) is 0 Å². The Kier molecular flexibility index (Phi) is 33.7. The molecule has 0 aromatic carbocycles. The predicted molar refractivity (Wildman–Crippen MR) is 26.1 cm³/mol. The fourth-order valence-corrected chi connectivity index (χ4v) is 0. The SMILES string of the molecule is [3H]PP=O.[SH-].[U]. The number of thiol groups is 1. The van der Waals surface area contributed by atoms with Gasteiger partial charge in [-0.15, -0.1) is 0 Å². The molecule has 1 atom stereocenters. The quantitative estimate of drug-likeness (QED) is 0.394. The first-order valence-corrected chi connectivity index (χ1v) is 2.56. The molecule has 0 spiro atoms. The minimum Gasteiger partial charge on any atom is -0.813 e. The molecular formula is H3OP2SU-. The first kappa shape index (κ1) is 10.0. The van der Waals surface area contributed by atoms with Crippen molar-refractivity contribution in [2.45, 2.75) is 0 Å². The van der Waals surface area contributed by atoms with E-state index in [4.69, 9.17) is 5.84 Å². The molecule has 0 radical (unpaired) electrons. The van der Waals surface area contributed by atoms with Gasteiger partial charge in [-0.1, -0.05) is 0 Å². The van der Waals surface area contributed by atoms with E-state index in [1.165, 1.54) is 0 Å².